The van der Waals surface area contributed by atoms with E-state index in [0.29, 0.717) is 47.4 Å². The summed E-state index contributed by atoms with van der Waals surface area (Å²) in [5.74, 6) is -0.624. The lowest BCUT2D eigenvalue weighted by Gasteiger charge is -2.41. The normalized spacial score (nSPS) is 14.4. The molecule has 0 unspecified atom stereocenters. The van der Waals surface area contributed by atoms with Crippen LogP contribution in [0.25, 0.3) is 11.0 Å². The van der Waals surface area contributed by atoms with E-state index in [2.05, 4.69) is 36.8 Å². The Morgan fingerprint density at radius 3 is 2.00 bits per heavy atom. The molecule has 0 bridgehead atoms. The van der Waals surface area contributed by atoms with Crippen LogP contribution in [0.5, 0.6) is 0 Å². The first kappa shape index (κ1) is 24.1. The molecule has 0 saturated carbocycles. The number of pyridine rings is 2. The maximum atomic E-state index is 13.6. The number of benzene rings is 2. The van der Waals surface area contributed by atoms with Crippen molar-refractivity contribution in [3.05, 3.63) is 104 Å². The maximum Gasteiger partial charge on any atom is 0.267 e. The third kappa shape index (κ3) is 4.38. The molecule has 0 amide bonds. The van der Waals surface area contributed by atoms with E-state index in [1.165, 1.54) is 28.8 Å². The molecule has 0 N–H and O–H groups in total. The zero-order valence-electron chi connectivity index (χ0n) is 19.5. The molecule has 1 fully saturated rings. The molecule has 182 valence electrons. The molecular weight excluding hydrogens is 528 g/mol. The molecule has 0 radical (unpaired) electrons. The van der Waals surface area contributed by atoms with E-state index < -0.39 is 0 Å². The summed E-state index contributed by atoms with van der Waals surface area (Å²) in [6.45, 7) is 2.47. The highest BCUT2D eigenvalue weighted by Crippen LogP contribution is 2.34. The number of aromatic nitrogens is 2. The average Bonchev–Trinajstić information content (AvgIpc) is 2.90. The molecule has 0 atom stereocenters. The summed E-state index contributed by atoms with van der Waals surface area (Å²) in [5.41, 5.74) is 3.83. The van der Waals surface area contributed by atoms with Crippen LogP contribution in [-0.2, 0) is 7.05 Å². The van der Waals surface area contributed by atoms with E-state index in [1.54, 1.807) is 43.4 Å². The number of rotatable bonds is 4. The van der Waals surface area contributed by atoms with Gasteiger partial charge in [-0.05, 0) is 63.5 Å². The number of hydrogen-bond donors (Lipinski definition) is 0. The van der Waals surface area contributed by atoms with Crippen LogP contribution in [0, 0.1) is 23.0 Å². The van der Waals surface area contributed by atoms with Crippen molar-refractivity contribution in [2.45, 2.75) is 6.04 Å². The van der Waals surface area contributed by atoms with Crippen molar-refractivity contribution in [3.63, 3.8) is 0 Å². The number of hydrogen-bond acceptors (Lipinski definition) is 5. The summed E-state index contributed by atoms with van der Waals surface area (Å²) in [6, 6.07) is 18.0. The predicted octanol–water partition coefficient (Wildman–Crippen LogP) is 4.76. The zero-order valence-corrected chi connectivity index (χ0v) is 21.0. The van der Waals surface area contributed by atoms with E-state index in [4.69, 9.17) is 0 Å². The molecule has 1 aliphatic heterocycles. The second-order valence-electron chi connectivity index (χ2n) is 8.73. The highest BCUT2D eigenvalue weighted by atomic mass is 79.9. The molecular formula is C27H22BrF2N5O. The van der Waals surface area contributed by atoms with Crippen LogP contribution in [-0.4, -0.2) is 40.6 Å². The van der Waals surface area contributed by atoms with Crippen LogP contribution in [0.4, 0.5) is 14.5 Å². The summed E-state index contributed by atoms with van der Waals surface area (Å²) < 4.78 is 29.2. The molecule has 1 aliphatic rings. The van der Waals surface area contributed by atoms with E-state index >= 15 is 0 Å². The summed E-state index contributed by atoms with van der Waals surface area (Å²) in [6.07, 6.45) is 0. The molecule has 6 nitrogen and oxygen atoms in total. The Morgan fingerprint density at radius 2 is 1.47 bits per heavy atom. The van der Waals surface area contributed by atoms with Crippen LogP contribution in [0.2, 0.25) is 0 Å². The van der Waals surface area contributed by atoms with Gasteiger partial charge in [0.25, 0.3) is 5.56 Å². The number of nitrogens with zero attached hydrogens (tertiary/aromatic N) is 5. The summed E-state index contributed by atoms with van der Waals surface area (Å²) in [4.78, 5) is 21.8. The summed E-state index contributed by atoms with van der Waals surface area (Å²) >= 11 is 3.48. The van der Waals surface area contributed by atoms with Crippen LogP contribution in [0.3, 0.4) is 0 Å². The lowest BCUT2D eigenvalue weighted by atomic mass is 9.96. The van der Waals surface area contributed by atoms with Crippen LogP contribution < -0.4 is 10.5 Å². The van der Waals surface area contributed by atoms with Gasteiger partial charge in [-0.2, -0.15) is 5.26 Å². The van der Waals surface area contributed by atoms with Crippen molar-refractivity contribution in [3.8, 4) is 6.07 Å². The van der Waals surface area contributed by atoms with Gasteiger partial charge < -0.3 is 9.47 Å². The largest absolute Gasteiger partial charge is 0.366 e. The van der Waals surface area contributed by atoms with Crippen molar-refractivity contribution in [1.29, 1.82) is 5.26 Å². The van der Waals surface area contributed by atoms with E-state index in [9.17, 15) is 18.8 Å². The number of anilines is 1. The van der Waals surface area contributed by atoms with Gasteiger partial charge in [-0.15, -0.1) is 0 Å². The van der Waals surface area contributed by atoms with Crippen molar-refractivity contribution in [2.24, 2.45) is 7.05 Å². The molecule has 0 aliphatic carbocycles. The first-order chi connectivity index (χ1) is 17.4. The Kier molecular flexibility index (Phi) is 6.56. The molecule has 0 spiro atoms. The minimum atomic E-state index is -0.312. The Hall–Kier alpha value is -3.61. The second kappa shape index (κ2) is 9.80. The van der Waals surface area contributed by atoms with Crippen molar-refractivity contribution < 1.29 is 8.78 Å². The highest BCUT2D eigenvalue weighted by molar-refractivity contribution is 9.10. The lowest BCUT2D eigenvalue weighted by Crippen LogP contribution is -2.48. The maximum absolute atomic E-state index is 13.6. The van der Waals surface area contributed by atoms with Gasteiger partial charge >= 0.3 is 0 Å². The Bertz CT molecular complexity index is 1480. The lowest BCUT2D eigenvalue weighted by molar-refractivity contribution is 0.212. The summed E-state index contributed by atoms with van der Waals surface area (Å²) in [7, 11) is 1.68. The van der Waals surface area contributed by atoms with Crippen LogP contribution in [0.15, 0.2) is 69.9 Å². The fourth-order valence-corrected chi connectivity index (χ4v) is 5.52. The average molecular weight is 550 g/mol. The molecule has 9 heteroatoms. The monoisotopic (exact) mass is 549 g/mol. The molecule has 4 aromatic rings. The molecule has 1 saturated heterocycles. The van der Waals surface area contributed by atoms with Crippen molar-refractivity contribution in [2.75, 3.05) is 31.1 Å². The minimum absolute atomic E-state index is 0.179. The molecule has 5 rings (SSSR count). The van der Waals surface area contributed by atoms with Gasteiger partial charge in [-0.1, -0.05) is 24.3 Å². The smallest absolute Gasteiger partial charge is 0.267 e. The zero-order chi connectivity index (χ0) is 25.4. The van der Waals surface area contributed by atoms with E-state index in [-0.39, 0.29) is 28.9 Å². The van der Waals surface area contributed by atoms with Crippen LogP contribution in [0.1, 0.15) is 22.9 Å². The number of nitriles is 1. The first-order valence-electron chi connectivity index (χ1n) is 11.5. The number of piperazine rings is 1. The number of fused-ring (bicyclic) bond motifs is 1. The molecule has 2 aromatic carbocycles. The van der Waals surface area contributed by atoms with Gasteiger partial charge in [-0.25, -0.2) is 13.8 Å². The minimum Gasteiger partial charge on any atom is -0.366 e. The van der Waals surface area contributed by atoms with Gasteiger partial charge in [-0.3, -0.25) is 9.69 Å². The fraction of sp³-hybridized carbons (Fsp3) is 0.222. The number of halogens is 3. The standard InChI is InChI=1S/C27H22BrF2N5O/c1-33-22-11-10-21(16-31)32-24(22)26(23(28)27(33)36)35-14-12-34(13-15-35)25(17-2-6-19(29)7-3-17)18-4-8-20(30)9-5-18/h2-11,25H,12-15H2,1H3. The Balaban J connectivity index is 1.50. The van der Waals surface area contributed by atoms with E-state index in [0.717, 1.165) is 11.1 Å². The van der Waals surface area contributed by atoms with Gasteiger partial charge in [0.15, 0.2) is 0 Å². The van der Waals surface area contributed by atoms with Crippen molar-refractivity contribution >= 4 is 32.7 Å². The Morgan fingerprint density at radius 1 is 0.917 bits per heavy atom. The number of aryl methyl sites for hydroxylation is 1. The predicted molar refractivity (Wildman–Crippen MR) is 138 cm³/mol. The van der Waals surface area contributed by atoms with E-state index in [1.807, 2.05) is 0 Å². The fourth-order valence-electron chi connectivity index (χ4n) is 4.82. The third-order valence-corrected chi connectivity index (χ3v) is 7.36. The van der Waals surface area contributed by atoms with Gasteiger partial charge in [0.1, 0.15) is 33.4 Å². The third-order valence-electron chi connectivity index (χ3n) is 6.64. The van der Waals surface area contributed by atoms with Gasteiger partial charge in [0, 0.05) is 33.2 Å². The SMILES string of the molecule is Cn1c(=O)c(Br)c(N2CCN(C(c3ccc(F)cc3)c3ccc(F)cc3)CC2)c2nc(C#N)ccc21. The van der Waals surface area contributed by atoms with Gasteiger partial charge in [0.05, 0.1) is 17.2 Å². The van der Waals surface area contributed by atoms with Crippen molar-refractivity contribution in [1.82, 2.24) is 14.5 Å². The Labute approximate surface area is 215 Å². The summed E-state index contributed by atoms with van der Waals surface area (Å²) in [5, 5.41) is 9.38. The van der Waals surface area contributed by atoms with Crippen LogP contribution >= 0.6 is 15.9 Å². The molecule has 3 heterocycles. The first-order valence-corrected chi connectivity index (χ1v) is 12.3. The highest BCUT2D eigenvalue weighted by Gasteiger charge is 2.29. The second-order valence-corrected chi connectivity index (χ2v) is 9.52. The topological polar surface area (TPSA) is 65.2 Å². The van der Waals surface area contributed by atoms with Gasteiger partial charge in [0.2, 0.25) is 0 Å². The quantitative estimate of drug-likeness (QED) is 0.367. The molecule has 2 aromatic heterocycles. The molecule has 36 heavy (non-hydrogen) atoms.